The Labute approximate surface area is 127 Å². The first-order valence-corrected chi connectivity index (χ1v) is 8.31. The van der Waals surface area contributed by atoms with E-state index >= 15 is 0 Å². The van der Waals surface area contributed by atoms with Crippen molar-refractivity contribution < 1.29 is 5.11 Å². The van der Waals surface area contributed by atoms with Crippen molar-refractivity contribution in [3.63, 3.8) is 0 Å². The summed E-state index contributed by atoms with van der Waals surface area (Å²) >= 11 is 3.99. The lowest BCUT2D eigenvalue weighted by Gasteiger charge is -2.40. The van der Waals surface area contributed by atoms with E-state index in [1.54, 1.807) is 11.3 Å². The van der Waals surface area contributed by atoms with Crippen molar-refractivity contribution in [2.24, 2.45) is 5.41 Å². The van der Waals surface area contributed by atoms with Gasteiger partial charge in [-0.2, -0.15) is 0 Å². The quantitative estimate of drug-likeness (QED) is 0.789. The summed E-state index contributed by atoms with van der Waals surface area (Å²) in [5, 5.41) is 14.9. The molecule has 5 heteroatoms. The Morgan fingerprint density at radius 3 is 2.61 bits per heavy atom. The molecular weight excluding hydrogens is 359 g/mol. The Morgan fingerprint density at radius 1 is 1.39 bits per heavy atom. The second-order valence-electron chi connectivity index (χ2n) is 6.05. The van der Waals surface area contributed by atoms with E-state index in [2.05, 4.69) is 46.7 Å². The molecular formula is C13H21IN2OS. The molecule has 2 N–H and O–H groups in total. The Bertz CT molecular complexity index is 395. The Morgan fingerprint density at radius 2 is 2.06 bits per heavy atom. The highest BCUT2D eigenvalue weighted by Gasteiger charge is 2.36. The summed E-state index contributed by atoms with van der Waals surface area (Å²) in [5.74, 6) is 0. The molecule has 0 spiro atoms. The summed E-state index contributed by atoms with van der Waals surface area (Å²) in [6.07, 6.45) is 5.92. The number of aromatic nitrogens is 1. The smallest absolute Gasteiger partial charge is 0.107 e. The fraction of sp³-hybridized carbons (Fsp3) is 0.769. The maximum absolute atomic E-state index is 10.5. The summed E-state index contributed by atoms with van der Waals surface area (Å²) in [7, 11) is 0. The summed E-state index contributed by atoms with van der Waals surface area (Å²) in [4.78, 5) is 4.31. The van der Waals surface area contributed by atoms with Crippen molar-refractivity contribution in [2.75, 3.05) is 6.54 Å². The highest BCUT2D eigenvalue weighted by atomic mass is 127. The van der Waals surface area contributed by atoms with Gasteiger partial charge >= 0.3 is 0 Å². The molecule has 0 amide bonds. The number of halogens is 1. The molecule has 1 aliphatic carbocycles. The van der Waals surface area contributed by atoms with Gasteiger partial charge in [0.15, 0.2) is 0 Å². The molecule has 0 aliphatic heterocycles. The normalized spacial score (nSPS) is 22.0. The first-order chi connectivity index (χ1) is 8.39. The third-order valence-electron chi connectivity index (χ3n) is 3.79. The van der Waals surface area contributed by atoms with E-state index < -0.39 is 5.60 Å². The van der Waals surface area contributed by atoms with Gasteiger partial charge in [-0.1, -0.05) is 13.8 Å². The fourth-order valence-electron chi connectivity index (χ4n) is 2.34. The molecule has 0 bridgehead atoms. The van der Waals surface area contributed by atoms with Crippen LogP contribution >= 0.6 is 33.9 Å². The maximum atomic E-state index is 10.5. The molecule has 3 nitrogen and oxygen atoms in total. The minimum atomic E-state index is -0.514. The van der Waals surface area contributed by atoms with Crippen molar-refractivity contribution in [1.82, 2.24) is 10.3 Å². The minimum Gasteiger partial charge on any atom is -0.389 e. The van der Waals surface area contributed by atoms with Gasteiger partial charge in [0.1, 0.15) is 5.01 Å². The third-order valence-corrected chi connectivity index (χ3v) is 5.51. The zero-order valence-corrected chi connectivity index (χ0v) is 14.0. The van der Waals surface area contributed by atoms with E-state index in [-0.39, 0.29) is 0 Å². The van der Waals surface area contributed by atoms with E-state index in [4.69, 9.17) is 0 Å². The zero-order valence-electron chi connectivity index (χ0n) is 11.0. The van der Waals surface area contributed by atoms with E-state index in [9.17, 15) is 5.11 Å². The predicted octanol–water partition coefficient (Wildman–Crippen LogP) is 3.17. The molecule has 1 heterocycles. The molecule has 0 radical (unpaired) electrons. The third kappa shape index (κ3) is 4.15. The molecule has 0 unspecified atom stereocenters. The van der Waals surface area contributed by atoms with Crippen molar-refractivity contribution in [2.45, 2.75) is 51.7 Å². The second-order valence-corrected chi connectivity index (χ2v) is 9.06. The second kappa shape index (κ2) is 5.73. The number of rotatable bonds is 4. The standard InChI is InChI=1S/C13H21IN2OS/c1-12(2)3-5-13(17,6-4-12)9-15-8-11-16-7-10(14)18-11/h7,15,17H,3-6,8-9H2,1-2H3. The largest absolute Gasteiger partial charge is 0.389 e. The van der Waals surface area contributed by atoms with Crippen LogP contribution in [0, 0.1) is 8.30 Å². The number of nitrogens with one attached hydrogen (secondary N) is 1. The van der Waals surface area contributed by atoms with Crippen LogP contribution in [0.15, 0.2) is 6.20 Å². The van der Waals surface area contributed by atoms with E-state index in [1.807, 2.05) is 6.20 Å². The summed E-state index contributed by atoms with van der Waals surface area (Å²) < 4.78 is 1.21. The lowest BCUT2D eigenvalue weighted by molar-refractivity contribution is -0.0245. The van der Waals surface area contributed by atoms with Crippen LogP contribution in [0.2, 0.25) is 0 Å². The number of hydrogen-bond acceptors (Lipinski definition) is 4. The number of hydrogen-bond donors (Lipinski definition) is 2. The lowest BCUT2D eigenvalue weighted by atomic mass is 9.71. The molecule has 1 aromatic heterocycles. The summed E-state index contributed by atoms with van der Waals surface area (Å²) in [5.41, 5.74) is -0.114. The van der Waals surface area contributed by atoms with Crippen molar-refractivity contribution in [3.05, 3.63) is 14.1 Å². The lowest BCUT2D eigenvalue weighted by Crippen LogP contribution is -2.44. The molecule has 1 aromatic rings. The fourth-order valence-corrected chi connectivity index (χ4v) is 3.85. The average Bonchev–Trinajstić information content (AvgIpc) is 2.70. The van der Waals surface area contributed by atoms with Crippen LogP contribution in [-0.4, -0.2) is 22.2 Å². The van der Waals surface area contributed by atoms with E-state index in [0.717, 1.165) is 37.2 Å². The molecule has 0 saturated heterocycles. The Hall–Kier alpha value is 0.280. The number of aliphatic hydroxyl groups is 1. The maximum Gasteiger partial charge on any atom is 0.107 e. The van der Waals surface area contributed by atoms with Gasteiger partial charge in [0, 0.05) is 13.1 Å². The van der Waals surface area contributed by atoms with Gasteiger partial charge in [0.05, 0.1) is 14.7 Å². The van der Waals surface area contributed by atoms with E-state index in [0.29, 0.717) is 12.0 Å². The molecule has 0 aromatic carbocycles. The van der Waals surface area contributed by atoms with Gasteiger partial charge < -0.3 is 10.4 Å². The minimum absolute atomic E-state index is 0.400. The van der Waals surface area contributed by atoms with Crippen LogP contribution in [0.3, 0.4) is 0 Å². The van der Waals surface area contributed by atoms with Crippen molar-refractivity contribution >= 4 is 33.9 Å². The first kappa shape index (κ1) is 14.7. The van der Waals surface area contributed by atoms with Gasteiger partial charge in [0.2, 0.25) is 0 Å². The number of thiazole rings is 1. The molecule has 102 valence electrons. The first-order valence-electron chi connectivity index (χ1n) is 6.42. The van der Waals surface area contributed by atoms with Gasteiger partial charge in [0.25, 0.3) is 0 Å². The van der Waals surface area contributed by atoms with Gasteiger partial charge in [-0.15, -0.1) is 11.3 Å². The predicted molar refractivity (Wildman–Crippen MR) is 83.7 cm³/mol. The monoisotopic (exact) mass is 380 g/mol. The summed E-state index contributed by atoms with van der Waals surface area (Å²) in [6.45, 7) is 6.02. The molecule has 1 fully saturated rings. The Kier molecular flexibility index (Phi) is 4.67. The van der Waals surface area contributed by atoms with Crippen LogP contribution in [0.5, 0.6) is 0 Å². The molecule has 18 heavy (non-hydrogen) atoms. The van der Waals surface area contributed by atoms with Crippen LogP contribution in [0.25, 0.3) is 0 Å². The molecule has 1 saturated carbocycles. The van der Waals surface area contributed by atoms with Crippen LogP contribution < -0.4 is 5.32 Å². The van der Waals surface area contributed by atoms with Gasteiger partial charge in [-0.05, 0) is 53.7 Å². The average molecular weight is 380 g/mol. The zero-order chi connectivity index (χ0) is 13.2. The van der Waals surface area contributed by atoms with Crippen LogP contribution in [0.1, 0.15) is 44.5 Å². The van der Waals surface area contributed by atoms with Gasteiger partial charge in [-0.25, -0.2) is 4.98 Å². The van der Waals surface area contributed by atoms with Crippen molar-refractivity contribution in [3.8, 4) is 0 Å². The van der Waals surface area contributed by atoms with Crippen molar-refractivity contribution in [1.29, 1.82) is 0 Å². The van der Waals surface area contributed by atoms with Crippen LogP contribution in [-0.2, 0) is 6.54 Å². The molecule has 0 atom stereocenters. The van der Waals surface area contributed by atoms with Gasteiger partial charge in [-0.3, -0.25) is 0 Å². The molecule has 2 rings (SSSR count). The summed E-state index contributed by atoms with van der Waals surface area (Å²) in [6, 6.07) is 0. The molecule has 1 aliphatic rings. The SMILES string of the molecule is CC1(C)CCC(O)(CNCc2ncc(I)s2)CC1. The van der Waals surface area contributed by atoms with Crippen LogP contribution in [0.4, 0.5) is 0 Å². The number of nitrogens with zero attached hydrogens (tertiary/aromatic N) is 1. The Balaban J connectivity index is 1.76. The topological polar surface area (TPSA) is 45.1 Å². The highest BCUT2D eigenvalue weighted by molar-refractivity contribution is 14.1. The highest BCUT2D eigenvalue weighted by Crippen LogP contribution is 2.39. The van der Waals surface area contributed by atoms with E-state index in [1.165, 1.54) is 2.88 Å².